The molecule has 0 aliphatic rings. The van der Waals surface area contributed by atoms with Crippen LogP contribution in [0.15, 0.2) is 16.6 Å². The molecule has 1 rings (SSSR count). The Morgan fingerprint density at radius 1 is 1.13 bits per heavy atom. The van der Waals surface area contributed by atoms with Crippen LogP contribution in [0.4, 0.5) is 8.78 Å². The number of rotatable bonds is 0. The summed E-state index contributed by atoms with van der Waals surface area (Å²) in [6.45, 7) is 6.22. The summed E-state index contributed by atoms with van der Waals surface area (Å²) in [7, 11) is -1.51. The molecule has 15 heavy (non-hydrogen) atoms. The van der Waals surface area contributed by atoms with Crippen molar-refractivity contribution in [2.45, 2.75) is 19.6 Å². The van der Waals surface area contributed by atoms with Gasteiger partial charge in [-0.3, -0.25) is 0 Å². The molecule has 0 radical (unpaired) electrons. The highest BCUT2D eigenvalue weighted by molar-refractivity contribution is 9.10. The van der Waals surface area contributed by atoms with Crippen LogP contribution in [0.25, 0.3) is 0 Å². The standard InChI is InChI=1S/C11H11BrF2Si/c1-15(2,3)5-4-8-6-9(13)11(12)10(14)7-8/h6-7H,1-3H3. The maximum absolute atomic E-state index is 13.1. The molecular weight excluding hydrogens is 278 g/mol. The SMILES string of the molecule is C[Si](C)(C)C#Cc1cc(F)c(Br)c(F)c1. The Hall–Kier alpha value is -0.663. The van der Waals surface area contributed by atoms with Crippen LogP contribution < -0.4 is 0 Å². The average molecular weight is 289 g/mol. The van der Waals surface area contributed by atoms with Crippen molar-refractivity contribution in [3.63, 3.8) is 0 Å². The molecule has 0 aromatic heterocycles. The Bertz CT molecular complexity index is 415. The van der Waals surface area contributed by atoms with E-state index >= 15 is 0 Å². The third kappa shape index (κ3) is 3.77. The molecule has 4 heteroatoms. The minimum absolute atomic E-state index is 0.138. The van der Waals surface area contributed by atoms with Crippen molar-refractivity contribution in [3.8, 4) is 11.5 Å². The van der Waals surface area contributed by atoms with Crippen LogP contribution in [-0.4, -0.2) is 8.07 Å². The summed E-state index contributed by atoms with van der Waals surface area (Å²) in [4.78, 5) is 0. The van der Waals surface area contributed by atoms with Gasteiger partial charge in [-0.15, -0.1) is 5.54 Å². The summed E-state index contributed by atoms with van der Waals surface area (Å²) in [6.07, 6.45) is 0. The minimum atomic E-state index is -1.51. The second-order valence-electron chi connectivity index (χ2n) is 4.25. The predicted octanol–water partition coefficient (Wildman–Crippen LogP) is 3.96. The maximum atomic E-state index is 13.1. The first-order valence-corrected chi connectivity index (χ1v) is 8.76. The topological polar surface area (TPSA) is 0 Å². The van der Waals surface area contributed by atoms with E-state index in [0.29, 0.717) is 5.56 Å². The summed E-state index contributed by atoms with van der Waals surface area (Å²) < 4.78 is 26.1. The molecule has 80 valence electrons. The molecule has 0 saturated carbocycles. The van der Waals surface area contributed by atoms with E-state index in [4.69, 9.17) is 0 Å². The highest BCUT2D eigenvalue weighted by atomic mass is 79.9. The molecule has 0 spiro atoms. The zero-order valence-electron chi connectivity index (χ0n) is 8.79. The summed E-state index contributed by atoms with van der Waals surface area (Å²) in [6, 6.07) is 2.47. The Morgan fingerprint density at radius 2 is 1.60 bits per heavy atom. The van der Waals surface area contributed by atoms with Crippen molar-refractivity contribution in [3.05, 3.63) is 33.8 Å². The molecule has 0 saturated heterocycles. The van der Waals surface area contributed by atoms with Gasteiger partial charge in [0.2, 0.25) is 0 Å². The Kier molecular flexibility index (Phi) is 3.69. The van der Waals surface area contributed by atoms with E-state index in [1.54, 1.807) is 0 Å². The molecule has 0 aliphatic heterocycles. The molecule has 0 atom stereocenters. The molecule has 0 bridgehead atoms. The average Bonchev–Trinajstić information content (AvgIpc) is 2.09. The van der Waals surface area contributed by atoms with Crippen molar-refractivity contribution < 1.29 is 8.78 Å². The van der Waals surface area contributed by atoms with Gasteiger partial charge in [0.25, 0.3) is 0 Å². The van der Waals surface area contributed by atoms with Crippen LogP contribution in [0.3, 0.4) is 0 Å². The van der Waals surface area contributed by atoms with Gasteiger partial charge in [-0.25, -0.2) is 8.78 Å². The van der Waals surface area contributed by atoms with E-state index < -0.39 is 19.7 Å². The van der Waals surface area contributed by atoms with Crippen molar-refractivity contribution in [2.24, 2.45) is 0 Å². The van der Waals surface area contributed by atoms with E-state index in [2.05, 4.69) is 47.0 Å². The van der Waals surface area contributed by atoms with Crippen molar-refractivity contribution >= 4 is 24.0 Å². The fraction of sp³-hybridized carbons (Fsp3) is 0.273. The van der Waals surface area contributed by atoms with Crippen molar-refractivity contribution in [1.29, 1.82) is 0 Å². The first-order valence-electron chi connectivity index (χ1n) is 4.47. The van der Waals surface area contributed by atoms with E-state index in [-0.39, 0.29) is 4.47 Å². The van der Waals surface area contributed by atoms with E-state index in [0.717, 1.165) is 0 Å². The van der Waals surface area contributed by atoms with Gasteiger partial charge in [-0.2, -0.15) is 0 Å². The largest absolute Gasteiger partial charge is 0.206 e. The van der Waals surface area contributed by atoms with E-state index in [1.165, 1.54) is 12.1 Å². The molecule has 0 heterocycles. The number of hydrogen-bond donors (Lipinski definition) is 0. The molecule has 0 N–H and O–H groups in total. The fourth-order valence-corrected chi connectivity index (χ4v) is 1.64. The monoisotopic (exact) mass is 288 g/mol. The lowest BCUT2D eigenvalue weighted by atomic mass is 10.2. The first kappa shape index (κ1) is 12.4. The smallest absolute Gasteiger partial charge is 0.141 e. The van der Waals surface area contributed by atoms with Gasteiger partial charge in [0.05, 0.1) is 4.47 Å². The van der Waals surface area contributed by atoms with Crippen LogP contribution in [-0.2, 0) is 0 Å². The zero-order chi connectivity index (χ0) is 11.6. The molecular formula is C11H11BrF2Si. The second-order valence-corrected chi connectivity index (χ2v) is 9.80. The molecule has 1 aromatic rings. The van der Waals surface area contributed by atoms with Gasteiger partial charge in [0.15, 0.2) is 0 Å². The quantitative estimate of drug-likeness (QED) is 0.385. The third-order valence-electron chi connectivity index (χ3n) is 1.57. The number of halogens is 3. The van der Waals surface area contributed by atoms with Crippen LogP contribution >= 0.6 is 15.9 Å². The second kappa shape index (κ2) is 4.46. The van der Waals surface area contributed by atoms with E-state index in [9.17, 15) is 8.78 Å². The third-order valence-corrected chi connectivity index (χ3v) is 3.20. The lowest BCUT2D eigenvalue weighted by molar-refractivity contribution is 0.571. The van der Waals surface area contributed by atoms with Gasteiger partial charge in [-0.1, -0.05) is 25.6 Å². The van der Waals surface area contributed by atoms with Crippen molar-refractivity contribution in [2.75, 3.05) is 0 Å². The van der Waals surface area contributed by atoms with Gasteiger partial charge < -0.3 is 0 Å². The van der Waals surface area contributed by atoms with Crippen LogP contribution in [0.5, 0.6) is 0 Å². The van der Waals surface area contributed by atoms with Gasteiger partial charge in [-0.05, 0) is 28.1 Å². The molecule has 0 fully saturated rings. The number of benzene rings is 1. The Balaban J connectivity index is 3.12. The zero-order valence-corrected chi connectivity index (χ0v) is 11.4. The highest BCUT2D eigenvalue weighted by Crippen LogP contribution is 2.20. The summed E-state index contributed by atoms with van der Waals surface area (Å²) in [5.41, 5.74) is 3.44. The molecule has 1 aromatic carbocycles. The highest BCUT2D eigenvalue weighted by Gasteiger charge is 2.09. The van der Waals surface area contributed by atoms with Crippen LogP contribution in [0.2, 0.25) is 19.6 Å². The summed E-state index contributed by atoms with van der Waals surface area (Å²) >= 11 is 2.81. The van der Waals surface area contributed by atoms with Gasteiger partial charge in [0, 0.05) is 5.56 Å². The normalized spacial score (nSPS) is 10.8. The van der Waals surface area contributed by atoms with Crippen molar-refractivity contribution in [1.82, 2.24) is 0 Å². The number of hydrogen-bond acceptors (Lipinski definition) is 0. The first-order chi connectivity index (χ1) is 6.79. The predicted molar refractivity (Wildman–Crippen MR) is 64.3 cm³/mol. The molecule has 0 nitrogen and oxygen atoms in total. The lowest BCUT2D eigenvalue weighted by Crippen LogP contribution is -2.16. The molecule has 0 aliphatic carbocycles. The van der Waals surface area contributed by atoms with Gasteiger partial charge >= 0.3 is 0 Å². The Morgan fingerprint density at radius 3 is 2.00 bits per heavy atom. The minimum Gasteiger partial charge on any atom is -0.206 e. The molecule has 0 unspecified atom stereocenters. The van der Waals surface area contributed by atoms with Gasteiger partial charge in [0.1, 0.15) is 19.7 Å². The van der Waals surface area contributed by atoms with Crippen LogP contribution in [0.1, 0.15) is 5.56 Å². The van der Waals surface area contributed by atoms with E-state index in [1.807, 2.05) is 0 Å². The van der Waals surface area contributed by atoms with Crippen LogP contribution in [0, 0.1) is 23.1 Å². The summed E-state index contributed by atoms with van der Waals surface area (Å²) in [5, 5.41) is 0. The maximum Gasteiger partial charge on any atom is 0.141 e. The summed E-state index contributed by atoms with van der Waals surface area (Å²) in [5.74, 6) is 1.57. The Labute approximate surface area is 97.8 Å². The fourth-order valence-electron chi connectivity index (χ4n) is 0.887. The lowest BCUT2D eigenvalue weighted by Gasteiger charge is -2.03. The molecule has 0 amide bonds.